The molecule has 0 aliphatic carbocycles. The molecular weight excluding hydrogens is 261 g/mol. The smallest absolute Gasteiger partial charge is 0.147 e. The zero-order chi connectivity index (χ0) is 14.2. The molecule has 1 aliphatic heterocycles. The Kier molecular flexibility index (Phi) is 4.06. The summed E-state index contributed by atoms with van der Waals surface area (Å²) in [6, 6.07) is 5.78. The summed E-state index contributed by atoms with van der Waals surface area (Å²) >= 11 is 4.87. The van der Waals surface area contributed by atoms with Gasteiger partial charge in [-0.3, -0.25) is 4.90 Å². The number of rotatable bonds is 2. The minimum atomic E-state index is -0.255. The van der Waals surface area contributed by atoms with E-state index in [-0.39, 0.29) is 10.8 Å². The third-order valence-electron chi connectivity index (χ3n) is 3.93. The molecule has 2 rings (SSSR count). The van der Waals surface area contributed by atoms with E-state index in [9.17, 15) is 4.39 Å². The average molecular weight is 281 g/mol. The highest BCUT2D eigenvalue weighted by Crippen LogP contribution is 2.25. The van der Waals surface area contributed by atoms with Crippen molar-refractivity contribution in [3.63, 3.8) is 0 Å². The monoisotopic (exact) mass is 281 g/mol. The van der Waals surface area contributed by atoms with E-state index in [0.717, 1.165) is 13.1 Å². The molecule has 0 saturated carbocycles. The third kappa shape index (κ3) is 2.87. The normalized spacial score (nSPS) is 24.5. The molecule has 0 amide bonds. The van der Waals surface area contributed by atoms with Gasteiger partial charge >= 0.3 is 0 Å². The van der Waals surface area contributed by atoms with E-state index in [0.29, 0.717) is 23.3 Å². The van der Waals surface area contributed by atoms with Gasteiger partial charge in [0, 0.05) is 30.7 Å². The van der Waals surface area contributed by atoms with E-state index < -0.39 is 0 Å². The first-order valence-corrected chi connectivity index (χ1v) is 6.87. The van der Waals surface area contributed by atoms with E-state index in [1.807, 2.05) is 0 Å². The molecule has 0 spiro atoms. The molecular formula is C14H20FN3S. The van der Waals surface area contributed by atoms with E-state index in [1.165, 1.54) is 6.07 Å². The lowest BCUT2D eigenvalue weighted by molar-refractivity contribution is 0.169. The lowest BCUT2D eigenvalue weighted by Gasteiger charge is -2.43. The second kappa shape index (κ2) is 5.43. The highest BCUT2D eigenvalue weighted by Gasteiger charge is 2.27. The fourth-order valence-electron chi connectivity index (χ4n) is 2.52. The standard InChI is InChI=1S/C14H20FN3S/c1-9-7-18(8-10(2)17(9)3)13-5-4-11(14(16)19)6-12(13)15/h4-6,9-10H,7-8H2,1-3H3,(H2,16,19). The Balaban J connectivity index is 2.25. The largest absolute Gasteiger partial charge is 0.389 e. The van der Waals surface area contributed by atoms with Gasteiger partial charge < -0.3 is 10.6 Å². The number of piperazine rings is 1. The minimum Gasteiger partial charge on any atom is -0.389 e. The summed E-state index contributed by atoms with van der Waals surface area (Å²) in [4.78, 5) is 4.64. The molecule has 0 aromatic heterocycles. The van der Waals surface area contributed by atoms with Crippen molar-refractivity contribution < 1.29 is 4.39 Å². The van der Waals surface area contributed by atoms with Gasteiger partial charge in [0.2, 0.25) is 0 Å². The van der Waals surface area contributed by atoms with Crippen LogP contribution in [0.3, 0.4) is 0 Å². The Morgan fingerprint density at radius 3 is 2.37 bits per heavy atom. The third-order valence-corrected chi connectivity index (χ3v) is 4.17. The first kappa shape index (κ1) is 14.2. The Morgan fingerprint density at radius 2 is 1.89 bits per heavy atom. The van der Waals surface area contributed by atoms with Gasteiger partial charge in [-0.05, 0) is 39.1 Å². The number of halogens is 1. The molecule has 0 radical (unpaired) electrons. The molecule has 1 aromatic rings. The Morgan fingerprint density at radius 1 is 1.32 bits per heavy atom. The maximum Gasteiger partial charge on any atom is 0.147 e. The van der Waals surface area contributed by atoms with Crippen LogP contribution >= 0.6 is 12.2 Å². The van der Waals surface area contributed by atoms with E-state index >= 15 is 0 Å². The van der Waals surface area contributed by atoms with Crippen LogP contribution < -0.4 is 10.6 Å². The summed E-state index contributed by atoms with van der Waals surface area (Å²) in [5, 5.41) is 0. The lowest BCUT2D eigenvalue weighted by Crippen LogP contribution is -2.55. The van der Waals surface area contributed by atoms with Crippen molar-refractivity contribution in [1.82, 2.24) is 4.90 Å². The lowest BCUT2D eigenvalue weighted by atomic mass is 10.1. The molecule has 2 atom stereocenters. The number of thiocarbonyl (C=S) groups is 1. The number of likely N-dealkylation sites (N-methyl/N-ethyl adjacent to an activating group) is 1. The molecule has 2 N–H and O–H groups in total. The predicted molar refractivity (Wildman–Crippen MR) is 81.2 cm³/mol. The van der Waals surface area contributed by atoms with Crippen molar-refractivity contribution in [2.45, 2.75) is 25.9 Å². The second-order valence-electron chi connectivity index (χ2n) is 5.30. The Labute approximate surface area is 119 Å². The van der Waals surface area contributed by atoms with Gasteiger partial charge in [0.05, 0.1) is 5.69 Å². The number of nitrogens with zero attached hydrogens (tertiary/aromatic N) is 2. The molecule has 1 heterocycles. The van der Waals surface area contributed by atoms with Gasteiger partial charge in [-0.2, -0.15) is 0 Å². The van der Waals surface area contributed by atoms with Crippen molar-refractivity contribution in [3.8, 4) is 0 Å². The van der Waals surface area contributed by atoms with E-state index in [1.54, 1.807) is 12.1 Å². The second-order valence-corrected chi connectivity index (χ2v) is 5.74. The summed E-state index contributed by atoms with van der Waals surface area (Å²) in [6.07, 6.45) is 0. The molecule has 1 aliphatic rings. The Bertz CT molecular complexity index is 480. The zero-order valence-electron chi connectivity index (χ0n) is 11.6. The molecule has 3 nitrogen and oxygen atoms in total. The maximum absolute atomic E-state index is 14.2. The van der Waals surface area contributed by atoms with E-state index in [2.05, 4.69) is 30.7 Å². The molecule has 1 fully saturated rings. The van der Waals surface area contributed by atoms with Crippen molar-refractivity contribution in [3.05, 3.63) is 29.6 Å². The topological polar surface area (TPSA) is 32.5 Å². The van der Waals surface area contributed by atoms with Gasteiger partial charge in [-0.15, -0.1) is 0 Å². The first-order chi connectivity index (χ1) is 8.90. The van der Waals surface area contributed by atoms with Crippen LogP contribution in [0, 0.1) is 5.82 Å². The number of hydrogen-bond acceptors (Lipinski definition) is 3. The van der Waals surface area contributed by atoms with Crippen molar-refractivity contribution in [2.24, 2.45) is 5.73 Å². The average Bonchev–Trinajstić information content (AvgIpc) is 2.35. The quantitative estimate of drug-likeness (QED) is 0.840. The van der Waals surface area contributed by atoms with Crippen LogP contribution in [-0.2, 0) is 0 Å². The number of nitrogens with two attached hydrogens (primary N) is 1. The van der Waals surface area contributed by atoms with Gasteiger partial charge in [-0.25, -0.2) is 4.39 Å². The van der Waals surface area contributed by atoms with E-state index in [4.69, 9.17) is 18.0 Å². The number of benzene rings is 1. The minimum absolute atomic E-state index is 0.227. The maximum atomic E-state index is 14.2. The van der Waals surface area contributed by atoms with Crippen LogP contribution in [0.25, 0.3) is 0 Å². The molecule has 1 aromatic carbocycles. The SMILES string of the molecule is CC1CN(c2ccc(C(N)=S)cc2F)CC(C)N1C. The van der Waals surface area contributed by atoms with Crippen LogP contribution in [0.1, 0.15) is 19.4 Å². The summed E-state index contributed by atoms with van der Waals surface area (Å²) in [5.74, 6) is -0.255. The summed E-state index contributed by atoms with van der Waals surface area (Å²) in [6.45, 7) is 5.96. The van der Waals surface area contributed by atoms with Crippen molar-refractivity contribution in [1.29, 1.82) is 0 Å². The summed E-state index contributed by atoms with van der Waals surface area (Å²) in [5.41, 5.74) is 6.72. The van der Waals surface area contributed by atoms with Crippen molar-refractivity contribution in [2.75, 3.05) is 25.0 Å². The van der Waals surface area contributed by atoms with Crippen LogP contribution in [0.4, 0.5) is 10.1 Å². The van der Waals surface area contributed by atoms with Gasteiger partial charge in [-0.1, -0.05) is 12.2 Å². The van der Waals surface area contributed by atoms with Crippen LogP contribution in [-0.4, -0.2) is 42.1 Å². The molecule has 5 heteroatoms. The number of hydrogen-bond donors (Lipinski definition) is 1. The first-order valence-electron chi connectivity index (χ1n) is 6.46. The fraction of sp³-hybridized carbons (Fsp3) is 0.500. The van der Waals surface area contributed by atoms with Gasteiger partial charge in [0.25, 0.3) is 0 Å². The summed E-state index contributed by atoms with van der Waals surface area (Å²) < 4.78 is 14.2. The van der Waals surface area contributed by atoms with Gasteiger partial charge in [0.15, 0.2) is 0 Å². The molecule has 0 bridgehead atoms. The van der Waals surface area contributed by atoms with Crippen molar-refractivity contribution >= 4 is 22.9 Å². The zero-order valence-corrected chi connectivity index (χ0v) is 12.4. The molecule has 2 unspecified atom stereocenters. The predicted octanol–water partition coefficient (Wildman–Crippen LogP) is 1.99. The highest BCUT2D eigenvalue weighted by molar-refractivity contribution is 7.80. The summed E-state index contributed by atoms with van der Waals surface area (Å²) in [7, 11) is 2.11. The van der Waals surface area contributed by atoms with Gasteiger partial charge in [0.1, 0.15) is 10.8 Å². The Hall–Kier alpha value is -1.20. The van der Waals surface area contributed by atoms with Crippen LogP contribution in [0.5, 0.6) is 0 Å². The highest BCUT2D eigenvalue weighted by atomic mass is 32.1. The molecule has 1 saturated heterocycles. The fourth-order valence-corrected chi connectivity index (χ4v) is 2.64. The molecule has 19 heavy (non-hydrogen) atoms. The molecule has 104 valence electrons. The van der Waals surface area contributed by atoms with Crippen LogP contribution in [0.2, 0.25) is 0 Å². The number of anilines is 1. The van der Waals surface area contributed by atoms with Crippen LogP contribution in [0.15, 0.2) is 18.2 Å².